The van der Waals surface area contributed by atoms with E-state index < -0.39 is 0 Å². The highest BCUT2D eigenvalue weighted by Gasteiger charge is 2.24. The maximum atomic E-state index is 12.6. The van der Waals surface area contributed by atoms with E-state index in [-0.39, 0.29) is 12.4 Å². The summed E-state index contributed by atoms with van der Waals surface area (Å²) in [6.07, 6.45) is 6.01. The SMILES string of the molecule is O=C(CN1CCCC[C@H]1CCO)c1c[nH]c2ccccc12. The van der Waals surface area contributed by atoms with Crippen LogP contribution in [0, 0.1) is 0 Å². The molecule has 1 atom stereocenters. The van der Waals surface area contributed by atoms with Crippen LogP contribution < -0.4 is 0 Å². The van der Waals surface area contributed by atoms with Gasteiger partial charge < -0.3 is 10.1 Å². The van der Waals surface area contributed by atoms with E-state index in [2.05, 4.69) is 9.88 Å². The van der Waals surface area contributed by atoms with Crippen LogP contribution in [0.15, 0.2) is 30.5 Å². The number of hydrogen-bond acceptors (Lipinski definition) is 3. The van der Waals surface area contributed by atoms with Gasteiger partial charge in [-0.25, -0.2) is 0 Å². The van der Waals surface area contributed by atoms with Gasteiger partial charge in [0, 0.05) is 35.3 Å². The number of para-hydroxylation sites is 1. The Bertz CT molecular complexity index is 618. The lowest BCUT2D eigenvalue weighted by Gasteiger charge is -2.34. The van der Waals surface area contributed by atoms with Crippen molar-refractivity contribution in [3.63, 3.8) is 0 Å². The second-order valence-corrected chi connectivity index (χ2v) is 5.80. The zero-order chi connectivity index (χ0) is 14.7. The van der Waals surface area contributed by atoms with Gasteiger partial charge in [-0.2, -0.15) is 0 Å². The Labute approximate surface area is 124 Å². The minimum absolute atomic E-state index is 0.164. The summed E-state index contributed by atoms with van der Waals surface area (Å²) >= 11 is 0. The third-order valence-corrected chi connectivity index (χ3v) is 4.45. The number of H-pyrrole nitrogens is 1. The molecule has 0 aliphatic carbocycles. The van der Waals surface area contributed by atoms with Gasteiger partial charge in [0.05, 0.1) is 6.54 Å². The zero-order valence-electron chi connectivity index (χ0n) is 12.2. The first-order valence-electron chi connectivity index (χ1n) is 7.74. The van der Waals surface area contributed by atoms with Crippen molar-refractivity contribution in [1.82, 2.24) is 9.88 Å². The fourth-order valence-corrected chi connectivity index (χ4v) is 3.32. The molecule has 1 aromatic carbocycles. The number of hydrogen-bond donors (Lipinski definition) is 2. The fraction of sp³-hybridized carbons (Fsp3) is 0.471. The van der Waals surface area contributed by atoms with E-state index in [9.17, 15) is 9.90 Å². The molecule has 4 heteroatoms. The second kappa shape index (κ2) is 6.41. The molecule has 0 spiro atoms. The minimum atomic E-state index is 0.164. The molecular formula is C17H22N2O2. The molecule has 1 aliphatic rings. The molecule has 2 heterocycles. The van der Waals surface area contributed by atoms with Crippen LogP contribution in [-0.4, -0.2) is 46.5 Å². The van der Waals surface area contributed by atoms with Crippen molar-refractivity contribution >= 4 is 16.7 Å². The molecule has 1 aromatic heterocycles. The van der Waals surface area contributed by atoms with Crippen LogP contribution in [0.25, 0.3) is 10.9 Å². The van der Waals surface area contributed by atoms with E-state index in [1.807, 2.05) is 30.5 Å². The second-order valence-electron chi connectivity index (χ2n) is 5.80. The summed E-state index contributed by atoms with van der Waals surface area (Å²) in [7, 11) is 0. The monoisotopic (exact) mass is 286 g/mol. The molecule has 21 heavy (non-hydrogen) atoms. The van der Waals surface area contributed by atoms with E-state index in [1.165, 1.54) is 6.42 Å². The number of fused-ring (bicyclic) bond motifs is 1. The lowest BCUT2D eigenvalue weighted by Crippen LogP contribution is -2.43. The van der Waals surface area contributed by atoms with E-state index in [0.29, 0.717) is 12.6 Å². The van der Waals surface area contributed by atoms with Crippen LogP contribution in [0.4, 0.5) is 0 Å². The first kappa shape index (κ1) is 14.3. The Morgan fingerprint density at radius 3 is 3.05 bits per heavy atom. The predicted octanol–water partition coefficient (Wildman–Crippen LogP) is 2.59. The van der Waals surface area contributed by atoms with Crippen LogP contribution in [0.3, 0.4) is 0 Å². The molecule has 0 amide bonds. The number of nitrogens with one attached hydrogen (secondary N) is 1. The number of likely N-dealkylation sites (tertiary alicyclic amines) is 1. The molecule has 0 saturated carbocycles. The van der Waals surface area contributed by atoms with E-state index in [0.717, 1.165) is 42.3 Å². The Morgan fingerprint density at radius 2 is 2.19 bits per heavy atom. The fourth-order valence-electron chi connectivity index (χ4n) is 3.32. The average Bonchev–Trinajstić information content (AvgIpc) is 2.93. The number of carbonyl (C=O) groups is 1. The summed E-state index contributed by atoms with van der Waals surface area (Å²) in [5, 5.41) is 10.2. The maximum Gasteiger partial charge on any atom is 0.178 e. The molecule has 0 unspecified atom stereocenters. The lowest BCUT2D eigenvalue weighted by molar-refractivity contribution is 0.0800. The molecule has 1 aliphatic heterocycles. The van der Waals surface area contributed by atoms with E-state index >= 15 is 0 Å². The van der Waals surface area contributed by atoms with Gasteiger partial charge in [0.15, 0.2) is 5.78 Å². The average molecular weight is 286 g/mol. The van der Waals surface area contributed by atoms with Crippen LogP contribution in [-0.2, 0) is 0 Å². The van der Waals surface area contributed by atoms with E-state index in [1.54, 1.807) is 0 Å². The molecule has 2 N–H and O–H groups in total. The van der Waals surface area contributed by atoms with Crippen LogP contribution in [0.1, 0.15) is 36.0 Å². The summed E-state index contributed by atoms with van der Waals surface area (Å²) in [6.45, 7) is 1.60. The highest BCUT2D eigenvalue weighted by molar-refractivity contribution is 6.08. The van der Waals surface area contributed by atoms with Crippen LogP contribution >= 0.6 is 0 Å². The standard InChI is InChI=1S/C17H22N2O2/c20-10-8-13-5-3-4-9-19(13)12-17(21)15-11-18-16-7-2-1-6-14(15)16/h1-2,6-7,11,13,18,20H,3-5,8-10,12H2/t13-/m0/s1. The molecule has 4 nitrogen and oxygen atoms in total. The number of nitrogens with zero attached hydrogens (tertiary/aromatic N) is 1. The normalized spacial score (nSPS) is 20.0. The van der Waals surface area contributed by atoms with Gasteiger partial charge in [0.25, 0.3) is 0 Å². The van der Waals surface area contributed by atoms with Crippen molar-refractivity contribution in [2.45, 2.75) is 31.7 Å². The molecule has 0 radical (unpaired) electrons. The van der Waals surface area contributed by atoms with E-state index in [4.69, 9.17) is 0 Å². The number of piperidine rings is 1. The first-order valence-corrected chi connectivity index (χ1v) is 7.74. The molecule has 2 aromatic rings. The van der Waals surface area contributed by atoms with Gasteiger partial charge in [-0.1, -0.05) is 24.6 Å². The van der Waals surface area contributed by atoms with Crippen molar-refractivity contribution in [1.29, 1.82) is 0 Å². The Kier molecular flexibility index (Phi) is 4.36. The van der Waals surface area contributed by atoms with Gasteiger partial charge in [0.1, 0.15) is 0 Å². The molecular weight excluding hydrogens is 264 g/mol. The lowest BCUT2D eigenvalue weighted by atomic mass is 9.98. The Morgan fingerprint density at radius 1 is 1.33 bits per heavy atom. The molecule has 1 saturated heterocycles. The van der Waals surface area contributed by atoms with Gasteiger partial charge in [-0.05, 0) is 31.9 Å². The highest BCUT2D eigenvalue weighted by atomic mass is 16.3. The molecule has 3 rings (SSSR count). The number of Topliss-reactive ketones (excluding diaryl/α,β-unsaturated/α-hetero) is 1. The van der Waals surface area contributed by atoms with Crippen molar-refractivity contribution < 1.29 is 9.90 Å². The quantitative estimate of drug-likeness (QED) is 0.831. The number of aromatic nitrogens is 1. The number of aromatic amines is 1. The predicted molar refractivity (Wildman–Crippen MR) is 83.5 cm³/mol. The number of aliphatic hydroxyl groups excluding tert-OH is 1. The van der Waals surface area contributed by atoms with Gasteiger partial charge >= 0.3 is 0 Å². The summed E-state index contributed by atoms with van der Waals surface area (Å²) in [5.41, 5.74) is 1.78. The number of aliphatic hydroxyl groups is 1. The van der Waals surface area contributed by atoms with Crippen molar-refractivity contribution in [3.05, 3.63) is 36.0 Å². The maximum absolute atomic E-state index is 12.6. The summed E-state index contributed by atoms with van der Waals surface area (Å²) in [4.78, 5) is 18.0. The largest absolute Gasteiger partial charge is 0.396 e. The van der Waals surface area contributed by atoms with Crippen molar-refractivity contribution in [2.24, 2.45) is 0 Å². The number of ketones is 1. The summed E-state index contributed by atoms with van der Waals surface area (Å²) in [6, 6.07) is 8.25. The highest BCUT2D eigenvalue weighted by Crippen LogP contribution is 2.22. The third kappa shape index (κ3) is 3.01. The minimum Gasteiger partial charge on any atom is -0.396 e. The van der Waals surface area contributed by atoms with Gasteiger partial charge in [-0.15, -0.1) is 0 Å². The first-order chi connectivity index (χ1) is 10.3. The summed E-state index contributed by atoms with van der Waals surface area (Å²) < 4.78 is 0. The smallest absolute Gasteiger partial charge is 0.178 e. The topological polar surface area (TPSA) is 56.3 Å². The third-order valence-electron chi connectivity index (χ3n) is 4.45. The molecule has 1 fully saturated rings. The Balaban J connectivity index is 1.76. The Hall–Kier alpha value is -1.65. The van der Waals surface area contributed by atoms with Gasteiger partial charge in [-0.3, -0.25) is 9.69 Å². The van der Waals surface area contributed by atoms with Gasteiger partial charge in [0.2, 0.25) is 0 Å². The molecule has 0 bridgehead atoms. The van der Waals surface area contributed by atoms with Crippen molar-refractivity contribution in [2.75, 3.05) is 19.7 Å². The number of benzene rings is 1. The molecule has 112 valence electrons. The number of rotatable bonds is 5. The van der Waals surface area contributed by atoms with Crippen molar-refractivity contribution in [3.8, 4) is 0 Å². The zero-order valence-corrected chi connectivity index (χ0v) is 12.2. The summed E-state index contributed by atoms with van der Waals surface area (Å²) in [5.74, 6) is 0.164. The van der Waals surface area contributed by atoms with Crippen LogP contribution in [0.5, 0.6) is 0 Å². The van der Waals surface area contributed by atoms with Crippen LogP contribution in [0.2, 0.25) is 0 Å². The number of carbonyl (C=O) groups excluding carboxylic acids is 1.